The molecule has 23 heavy (non-hydrogen) atoms. The number of likely N-dealkylation sites (tertiary alicyclic amines) is 2. The van der Waals surface area contributed by atoms with E-state index in [0.717, 1.165) is 37.4 Å². The standard InChI is InChI=1S/C19H25ClN2O/c1-3-11-22-17(14(2)21-12-5-8-19(21)23)9-10-18(22)15-6-4-7-16(20)13-15/h3-4,6-7,13-14,17-18H,1,5,8-12H2,2H3/t14-,17+,18-/m0/s1. The molecule has 0 N–H and O–H groups in total. The maximum absolute atomic E-state index is 12.1. The van der Waals surface area contributed by atoms with Crippen LogP contribution in [0.1, 0.15) is 44.2 Å². The van der Waals surface area contributed by atoms with E-state index in [1.54, 1.807) is 0 Å². The van der Waals surface area contributed by atoms with Gasteiger partial charge in [0.25, 0.3) is 0 Å². The lowest BCUT2D eigenvalue weighted by Gasteiger charge is -2.37. The molecule has 3 atom stereocenters. The van der Waals surface area contributed by atoms with E-state index in [1.165, 1.54) is 5.56 Å². The van der Waals surface area contributed by atoms with E-state index in [1.807, 2.05) is 18.2 Å². The van der Waals surface area contributed by atoms with E-state index in [9.17, 15) is 4.79 Å². The van der Waals surface area contributed by atoms with Crippen LogP contribution in [0.4, 0.5) is 0 Å². The van der Waals surface area contributed by atoms with Crippen molar-refractivity contribution in [1.82, 2.24) is 9.80 Å². The van der Waals surface area contributed by atoms with Gasteiger partial charge in [0.2, 0.25) is 5.91 Å². The van der Waals surface area contributed by atoms with Crippen molar-refractivity contribution >= 4 is 17.5 Å². The van der Waals surface area contributed by atoms with Crippen molar-refractivity contribution in [2.75, 3.05) is 13.1 Å². The van der Waals surface area contributed by atoms with E-state index in [4.69, 9.17) is 11.6 Å². The van der Waals surface area contributed by atoms with Crippen LogP contribution in [0.25, 0.3) is 0 Å². The Morgan fingerprint density at radius 3 is 2.91 bits per heavy atom. The molecule has 0 bridgehead atoms. The minimum absolute atomic E-state index is 0.258. The molecule has 1 aromatic rings. The summed E-state index contributed by atoms with van der Waals surface area (Å²) in [6, 6.07) is 9.16. The van der Waals surface area contributed by atoms with E-state index < -0.39 is 0 Å². The van der Waals surface area contributed by atoms with Crippen molar-refractivity contribution in [1.29, 1.82) is 0 Å². The summed E-state index contributed by atoms with van der Waals surface area (Å²) in [5.74, 6) is 0.308. The van der Waals surface area contributed by atoms with Crippen LogP contribution in [-0.4, -0.2) is 40.9 Å². The predicted octanol–water partition coefficient (Wildman–Crippen LogP) is 4.04. The smallest absolute Gasteiger partial charge is 0.222 e. The van der Waals surface area contributed by atoms with Crippen LogP contribution in [0.15, 0.2) is 36.9 Å². The first kappa shape index (κ1) is 16.5. The van der Waals surface area contributed by atoms with E-state index in [0.29, 0.717) is 24.4 Å². The van der Waals surface area contributed by atoms with E-state index in [2.05, 4.69) is 35.4 Å². The van der Waals surface area contributed by atoms with Crippen molar-refractivity contribution in [3.8, 4) is 0 Å². The molecule has 2 fully saturated rings. The van der Waals surface area contributed by atoms with Crippen molar-refractivity contribution in [2.24, 2.45) is 0 Å². The van der Waals surface area contributed by atoms with Gasteiger partial charge in [-0.3, -0.25) is 9.69 Å². The fraction of sp³-hybridized carbons (Fsp3) is 0.526. The van der Waals surface area contributed by atoms with Crippen LogP contribution >= 0.6 is 11.6 Å². The topological polar surface area (TPSA) is 23.6 Å². The molecule has 0 spiro atoms. The summed E-state index contributed by atoms with van der Waals surface area (Å²) >= 11 is 6.18. The molecular weight excluding hydrogens is 308 g/mol. The predicted molar refractivity (Wildman–Crippen MR) is 94.5 cm³/mol. The molecule has 0 radical (unpaired) electrons. The van der Waals surface area contributed by atoms with Gasteiger partial charge < -0.3 is 4.90 Å². The fourth-order valence-corrected chi connectivity index (χ4v) is 4.40. The monoisotopic (exact) mass is 332 g/mol. The summed E-state index contributed by atoms with van der Waals surface area (Å²) in [6.07, 6.45) is 5.88. The highest BCUT2D eigenvalue weighted by Gasteiger charge is 2.40. The molecule has 0 aromatic heterocycles. The highest BCUT2D eigenvalue weighted by atomic mass is 35.5. The second kappa shape index (κ2) is 7.06. The summed E-state index contributed by atoms with van der Waals surface area (Å²) in [7, 11) is 0. The summed E-state index contributed by atoms with van der Waals surface area (Å²) in [5, 5.41) is 0.785. The minimum atomic E-state index is 0.258. The fourth-order valence-electron chi connectivity index (χ4n) is 4.20. The second-order valence-electron chi connectivity index (χ2n) is 6.63. The Labute approximate surface area is 143 Å². The van der Waals surface area contributed by atoms with Crippen LogP contribution in [0.2, 0.25) is 5.02 Å². The van der Waals surface area contributed by atoms with Gasteiger partial charge in [-0.15, -0.1) is 6.58 Å². The average Bonchev–Trinajstić information content (AvgIpc) is 3.13. The Kier molecular flexibility index (Phi) is 5.08. The zero-order valence-electron chi connectivity index (χ0n) is 13.7. The number of benzene rings is 1. The number of halogens is 1. The maximum atomic E-state index is 12.1. The maximum Gasteiger partial charge on any atom is 0.222 e. The molecular formula is C19H25ClN2O. The van der Waals surface area contributed by atoms with Gasteiger partial charge in [-0.05, 0) is 43.9 Å². The van der Waals surface area contributed by atoms with Crippen LogP contribution in [0, 0.1) is 0 Å². The number of hydrogen-bond acceptors (Lipinski definition) is 2. The number of nitrogens with zero attached hydrogens (tertiary/aromatic N) is 2. The molecule has 0 saturated carbocycles. The normalized spacial score (nSPS) is 26.7. The third-order valence-corrected chi connectivity index (χ3v) is 5.53. The van der Waals surface area contributed by atoms with Crippen LogP contribution < -0.4 is 0 Å². The minimum Gasteiger partial charge on any atom is -0.338 e. The number of amides is 1. The summed E-state index contributed by atoms with van der Waals surface area (Å²) in [5.41, 5.74) is 1.27. The number of hydrogen-bond donors (Lipinski definition) is 0. The molecule has 2 heterocycles. The van der Waals surface area contributed by atoms with Gasteiger partial charge >= 0.3 is 0 Å². The van der Waals surface area contributed by atoms with Crippen LogP contribution in [-0.2, 0) is 4.79 Å². The molecule has 1 aromatic carbocycles. The molecule has 0 aliphatic carbocycles. The lowest BCUT2D eigenvalue weighted by atomic mass is 10.0. The van der Waals surface area contributed by atoms with Gasteiger partial charge in [0.15, 0.2) is 0 Å². The van der Waals surface area contributed by atoms with Gasteiger partial charge in [-0.2, -0.15) is 0 Å². The Bertz CT molecular complexity index is 588. The van der Waals surface area contributed by atoms with Gasteiger partial charge in [0.05, 0.1) is 0 Å². The highest BCUT2D eigenvalue weighted by molar-refractivity contribution is 6.30. The molecule has 2 aliphatic heterocycles. The highest BCUT2D eigenvalue weighted by Crippen LogP contribution is 2.39. The third-order valence-electron chi connectivity index (χ3n) is 5.29. The first-order valence-electron chi connectivity index (χ1n) is 8.53. The number of carbonyl (C=O) groups excluding carboxylic acids is 1. The summed E-state index contributed by atoms with van der Waals surface area (Å²) < 4.78 is 0. The molecule has 2 aliphatic rings. The molecule has 3 nitrogen and oxygen atoms in total. The molecule has 0 unspecified atom stereocenters. The van der Waals surface area contributed by atoms with Gasteiger partial charge in [-0.25, -0.2) is 0 Å². The molecule has 124 valence electrons. The first-order valence-corrected chi connectivity index (χ1v) is 8.91. The average molecular weight is 333 g/mol. The Morgan fingerprint density at radius 1 is 1.43 bits per heavy atom. The Balaban J connectivity index is 1.81. The molecule has 1 amide bonds. The van der Waals surface area contributed by atoms with Gasteiger partial charge in [-0.1, -0.05) is 29.8 Å². The van der Waals surface area contributed by atoms with Gasteiger partial charge in [0, 0.05) is 42.7 Å². The van der Waals surface area contributed by atoms with Crippen LogP contribution in [0.3, 0.4) is 0 Å². The third kappa shape index (κ3) is 3.31. The van der Waals surface area contributed by atoms with E-state index in [-0.39, 0.29) is 6.04 Å². The zero-order chi connectivity index (χ0) is 16.4. The number of rotatable bonds is 5. The Hall–Kier alpha value is -1.32. The number of carbonyl (C=O) groups is 1. The van der Waals surface area contributed by atoms with Crippen molar-refractivity contribution in [2.45, 2.75) is 50.7 Å². The lowest BCUT2D eigenvalue weighted by Crippen LogP contribution is -2.48. The van der Waals surface area contributed by atoms with Gasteiger partial charge in [0.1, 0.15) is 0 Å². The largest absolute Gasteiger partial charge is 0.338 e. The van der Waals surface area contributed by atoms with Crippen molar-refractivity contribution < 1.29 is 4.79 Å². The first-order chi connectivity index (χ1) is 11.1. The lowest BCUT2D eigenvalue weighted by molar-refractivity contribution is -0.130. The van der Waals surface area contributed by atoms with E-state index >= 15 is 0 Å². The van der Waals surface area contributed by atoms with Crippen LogP contribution in [0.5, 0.6) is 0 Å². The quantitative estimate of drug-likeness (QED) is 0.760. The molecule has 2 saturated heterocycles. The molecule has 3 rings (SSSR count). The van der Waals surface area contributed by atoms with Crippen molar-refractivity contribution in [3.63, 3.8) is 0 Å². The Morgan fingerprint density at radius 2 is 2.26 bits per heavy atom. The SMILES string of the molecule is C=CCN1[C@@H]([C@H](C)N2CCCC2=O)CC[C@H]1c1cccc(Cl)c1. The zero-order valence-corrected chi connectivity index (χ0v) is 14.5. The molecule has 4 heteroatoms. The second-order valence-corrected chi connectivity index (χ2v) is 7.07. The summed E-state index contributed by atoms with van der Waals surface area (Å²) in [4.78, 5) is 16.7. The van der Waals surface area contributed by atoms with Crippen molar-refractivity contribution in [3.05, 3.63) is 47.5 Å². The summed E-state index contributed by atoms with van der Waals surface area (Å²) in [6.45, 7) is 7.87.